The van der Waals surface area contributed by atoms with Crippen molar-refractivity contribution in [1.82, 2.24) is 10.1 Å². The molecule has 4 aromatic rings. The standard InChI is InChI=1S/C22H15Cl2N3O3/c23-17-11-10-14(12-18(17)24)21(28)25-19-9-5-4-8-16(19)22-26-20(27-30-22)13-29-15-6-2-1-3-7-15/h1-12H,13H2,(H,25,28). The molecule has 0 saturated carbocycles. The number of rotatable bonds is 6. The molecule has 0 radical (unpaired) electrons. The monoisotopic (exact) mass is 439 g/mol. The van der Waals surface area contributed by atoms with E-state index in [1.807, 2.05) is 36.4 Å². The number of nitrogens with zero attached hydrogens (tertiary/aromatic N) is 2. The lowest BCUT2D eigenvalue weighted by atomic mass is 10.1. The first-order valence-corrected chi connectivity index (χ1v) is 9.72. The number of ether oxygens (including phenoxy) is 1. The highest BCUT2D eigenvalue weighted by Gasteiger charge is 2.16. The van der Waals surface area contributed by atoms with Gasteiger partial charge < -0.3 is 14.6 Å². The van der Waals surface area contributed by atoms with Crippen LogP contribution in [0, 0.1) is 0 Å². The maximum absolute atomic E-state index is 12.6. The van der Waals surface area contributed by atoms with Gasteiger partial charge in [-0.15, -0.1) is 0 Å². The van der Waals surface area contributed by atoms with Crippen molar-refractivity contribution >= 4 is 34.8 Å². The van der Waals surface area contributed by atoms with Crippen molar-refractivity contribution in [3.63, 3.8) is 0 Å². The van der Waals surface area contributed by atoms with Crippen LogP contribution in [0.25, 0.3) is 11.5 Å². The molecule has 0 atom stereocenters. The van der Waals surface area contributed by atoms with Gasteiger partial charge in [-0.05, 0) is 42.5 Å². The zero-order valence-corrected chi connectivity index (χ0v) is 17.0. The number of halogens is 2. The molecule has 0 aliphatic carbocycles. The molecule has 0 spiro atoms. The minimum absolute atomic E-state index is 0.158. The van der Waals surface area contributed by atoms with Gasteiger partial charge in [0.05, 0.1) is 21.3 Å². The number of carbonyl (C=O) groups excluding carboxylic acids is 1. The number of benzene rings is 3. The number of nitrogens with one attached hydrogen (secondary N) is 1. The largest absolute Gasteiger partial charge is 0.485 e. The SMILES string of the molecule is O=C(Nc1ccccc1-c1nc(COc2ccccc2)no1)c1ccc(Cl)c(Cl)c1. The minimum atomic E-state index is -0.340. The summed E-state index contributed by atoms with van der Waals surface area (Å²) in [7, 11) is 0. The first kappa shape index (κ1) is 19.9. The molecule has 30 heavy (non-hydrogen) atoms. The van der Waals surface area contributed by atoms with Crippen molar-refractivity contribution in [2.24, 2.45) is 0 Å². The fourth-order valence-corrected chi connectivity index (χ4v) is 3.00. The van der Waals surface area contributed by atoms with Crippen molar-refractivity contribution in [3.05, 3.63) is 94.2 Å². The lowest BCUT2D eigenvalue weighted by Gasteiger charge is -2.09. The highest BCUT2D eigenvalue weighted by Crippen LogP contribution is 2.28. The molecule has 8 heteroatoms. The van der Waals surface area contributed by atoms with E-state index in [-0.39, 0.29) is 18.4 Å². The zero-order valence-electron chi connectivity index (χ0n) is 15.5. The summed E-state index contributed by atoms with van der Waals surface area (Å²) in [5, 5.41) is 7.47. The van der Waals surface area contributed by atoms with Crippen molar-refractivity contribution in [2.45, 2.75) is 6.61 Å². The van der Waals surface area contributed by atoms with E-state index < -0.39 is 0 Å². The summed E-state index contributed by atoms with van der Waals surface area (Å²) in [6, 6.07) is 21.2. The van der Waals surface area contributed by atoms with E-state index in [1.165, 1.54) is 6.07 Å². The van der Waals surface area contributed by atoms with Gasteiger partial charge in [0.2, 0.25) is 5.82 Å². The van der Waals surface area contributed by atoms with Gasteiger partial charge in [0, 0.05) is 5.56 Å². The molecule has 150 valence electrons. The fourth-order valence-electron chi connectivity index (χ4n) is 2.70. The molecule has 0 saturated heterocycles. The van der Waals surface area contributed by atoms with Gasteiger partial charge >= 0.3 is 0 Å². The first-order chi connectivity index (χ1) is 14.6. The Bertz CT molecular complexity index is 1180. The third-order valence-corrected chi connectivity index (χ3v) is 4.91. The molecule has 3 aromatic carbocycles. The summed E-state index contributed by atoms with van der Waals surface area (Å²) in [6.45, 7) is 0.158. The second kappa shape index (κ2) is 8.98. The van der Waals surface area contributed by atoms with Crippen LogP contribution in [0.1, 0.15) is 16.2 Å². The molecule has 0 unspecified atom stereocenters. The van der Waals surface area contributed by atoms with E-state index in [0.29, 0.717) is 38.4 Å². The second-order valence-corrected chi connectivity index (χ2v) is 7.06. The Morgan fingerprint density at radius 3 is 2.53 bits per heavy atom. The summed E-state index contributed by atoms with van der Waals surface area (Å²) in [6.07, 6.45) is 0. The zero-order chi connectivity index (χ0) is 20.9. The Labute approximate surface area is 182 Å². The van der Waals surface area contributed by atoms with Crippen LogP contribution < -0.4 is 10.1 Å². The topological polar surface area (TPSA) is 77.2 Å². The van der Waals surface area contributed by atoms with Crippen molar-refractivity contribution in [1.29, 1.82) is 0 Å². The molecular weight excluding hydrogens is 425 g/mol. The lowest BCUT2D eigenvalue weighted by Crippen LogP contribution is -2.12. The van der Waals surface area contributed by atoms with E-state index in [0.717, 1.165) is 0 Å². The Morgan fingerprint density at radius 1 is 0.967 bits per heavy atom. The Balaban J connectivity index is 1.51. The summed E-state index contributed by atoms with van der Waals surface area (Å²) in [5.41, 5.74) is 1.49. The maximum atomic E-state index is 12.6. The van der Waals surface area contributed by atoms with Crippen molar-refractivity contribution < 1.29 is 14.1 Å². The van der Waals surface area contributed by atoms with Crippen LogP contribution in [0.4, 0.5) is 5.69 Å². The van der Waals surface area contributed by atoms with Crippen LogP contribution in [-0.4, -0.2) is 16.0 Å². The number of anilines is 1. The number of para-hydroxylation sites is 2. The predicted molar refractivity (Wildman–Crippen MR) is 115 cm³/mol. The lowest BCUT2D eigenvalue weighted by molar-refractivity contribution is 0.102. The molecule has 1 heterocycles. The van der Waals surface area contributed by atoms with E-state index in [1.54, 1.807) is 30.3 Å². The number of aromatic nitrogens is 2. The van der Waals surface area contributed by atoms with Crippen molar-refractivity contribution in [3.8, 4) is 17.2 Å². The van der Waals surface area contributed by atoms with Gasteiger partial charge in [0.15, 0.2) is 6.61 Å². The van der Waals surface area contributed by atoms with Gasteiger partial charge in [-0.25, -0.2) is 0 Å². The average Bonchev–Trinajstić information content (AvgIpc) is 3.24. The predicted octanol–water partition coefficient (Wildman–Crippen LogP) is 5.87. The molecule has 1 amide bonds. The molecule has 0 aliphatic heterocycles. The third-order valence-electron chi connectivity index (χ3n) is 4.17. The van der Waals surface area contributed by atoms with Crippen LogP contribution in [0.2, 0.25) is 10.0 Å². The van der Waals surface area contributed by atoms with Crippen LogP contribution in [0.5, 0.6) is 5.75 Å². The summed E-state index contributed by atoms with van der Waals surface area (Å²) >= 11 is 11.9. The highest BCUT2D eigenvalue weighted by atomic mass is 35.5. The van der Waals surface area contributed by atoms with Crippen LogP contribution in [-0.2, 0) is 6.61 Å². The van der Waals surface area contributed by atoms with Gasteiger partial charge in [-0.2, -0.15) is 4.98 Å². The molecule has 1 aromatic heterocycles. The number of amides is 1. The Morgan fingerprint density at radius 2 is 1.73 bits per heavy atom. The second-order valence-electron chi connectivity index (χ2n) is 6.25. The first-order valence-electron chi connectivity index (χ1n) is 8.96. The molecule has 1 N–H and O–H groups in total. The van der Waals surface area contributed by atoms with Gasteiger partial charge in [-0.1, -0.05) is 58.7 Å². The average molecular weight is 440 g/mol. The van der Waals surface area contributed by atoms with E-state index in [2.05, 4.69) is 15.5 Å². The molecule has 6 nitrogen and oxygen atoms in total. The molecule has 4 rings (SSSR count). The van der Waals surface area contributed by atoms with E-state index in [4.69, 9.17) is 32.5 Å². The molecule has 0 aliphatic rings. The van der Waals surface area contributed by atoms with Crippen molar-refractivity contribution in [2.75, 3.05) is 5.32 Å². The quantitative estimate of drug-likeness (QED) is 0.406. The van der Waals surface area contributed by atoms with Crippen LogP contribution in [0.15, 0.2) is 77.3 Å². The Kier molecular flexibility index (Phi) is 5.97. The summed E-state index contributed by atoms with van der Waals surface area (Å²) in [4.78, 5) is 17.0. The third kappa shape index (κ3) is 4.62. The van der Waals surface area contributed by atoms with Crippen LogP contribution >= 0.6 is 23.2 Å². The molecule has 0 bridgehead atoms. The molecular formula is C22H15Cl2N3O3. The fraction of sp³-hybridized carbons (Fsp3) is 0.0455. The maximum Gasteiger partial charge on any atom is 0.260 e. The number of hydrogen-bond acceptors (Lipinski definition) is 5. The van der Waals surface area contributed by atoms with Gasteiger partial charge in [-0.3, -0.25) is 4.79 Å². The summed E-state index contributed by atoms with van der Waals surface area (Å²) in [5.74, 6) is 1.03. The smallest absolute Gasteiger partial charge is 0.260 e. The van der Waals surface area contributed by atoms with Gasteiger partial charge in [0.25, 0.3) is 11.8 Å². The molecule has 0 fully saturated rings. The Hall–Kier alpha value is -3.35. The van der Waals surface area contributed by atoms with Gasteiger partial charge in [0.1, 0.15) is 5.75 Å². The minimum Gasteiger partial charge on any atom is -0.485 e. The highest BCUT2D eigenvalue weighted by molar-refractivity contribution is 6.42. The van der Waals surface area contributed by atoms with E-state index in [9.17, 15) is 4.79 Å². The van der Waals surface area contributed by atoms with Crippen LogP contribution in [0.3, 0.4) is 0 Å². The normalized spacial score (nSPS) is 10.6. The van der Waals surface area contributed by atoms with E-state index >= 15 is 0 Å². The number of carbonyl (C=O) groups is 1. The summed E-state index contributed by atoms with van der Waals surface area (Å²) < 4.78 is 11.0. The number of hydrogen-bond donors (Lipinski definition) is 1.